The Kier molecular flexibility index (Phi) is 10.7. The summed E-state index contributed by atoms with van der Waals surface area (Å²) in [7, 11) is 0. The summed E-state index contributed by atoms with van der Waals surface area (Å²) in [5, 5.41) is 14.5. The molecule has 0 aromatic heterocycles. The molecule has 1 aliphatic heterocycles. The lowest BCUT2D eigenvalue weighted by molar-refractivity contribution is -0.131. The number of hydrogen-bond donors (Lipinski definition) is 4. The third-order valence-corrected chi connectivity index (χ3v) is 8.17. The van der Waals surface area contributed by atoms with E-state index in [0.29, 0.717) is 28.5 Å². The SMILES string of the molecule is N=C(N)CCC(NC(=O)c1cccc2ccccc12)C(=O)N1c2ccccc2CC1C(=O)NC(CC=O)C(=O)COc1c(F)cccc1F. The fourth-order valence-corrected chi connectivity index (χ4v) is 5.75. The van der Waals surface area contributed by atoms with E-state index in [4.69, 9.17) is 15.9 Å². The van der Waals surface area contributed by atoms with Gasteiger partial charge >= 0.3 is 0 Å². The van der Waals surface area contributed by atoms with Crippen LogP contribution in [0.4, 0.5) is 14.5 Å². The Morgan fingerprint density at radius 2 is 1.59 bits per heavy atom. The van der Waals surface area contributed by atoms with E-state index in [1.54, 1.807) is 48.5 Å². The number of carbonyl (C=O) groups excluding carboxylic acids is 5. The minimum absolute atomic E-state index is 0.0307. The Hall–Kier alpha value is -5.98. The van der Waals surface area contributed by atoms with Gasteiger partial charge < -0.3 is 25.9 Å². The fourth-order valence-electron chi connectivity index (χ4n) is 5.75. The van der Waals surface area contributed by atoms with Crippen molar-refractivity contribution in [1.82, 2.24) is 10.6 Å². The maximum Gasteiger partial charge on any atom is 0.252 e. The van der Waals surface area contributed by atoms with Crippen molar-refractivity contribution >= 4 is 52.1 Å². The van der Waals surface area contributed by atoms with E-state index in [1.165, 1.54) is 4.90 Å². The number of ether oxygens (including phenoxy) is 1. The van der Waals surface area contributed by atoms with Crippen LogP contribution in [0.5, 0.6) is 5.75 Å². The fraction of sp³-hybridized carbons (Fsp3) is 0.222. The lowest BCUT2D eigenvalue weighted by atomic mass is 10.0. The summed E-state index contributed by atoms with van der Waals surface area (Å²) in [4.78, 5) is 67.5. The highest BCUT2D eigenvalue weighted by molar-refractivity contribution is 6.11. The summed E-state index contributed by atoms with van der Waals surface area (Å²) >= 11 is 0. The molecule has 1 aliphatic rings. The van der Waals surface area contributed by atoms with Crippen LogP contribution in [-0.2, 0) is 25.6 Å². The van der Waals surface area contributed by atoms with Crippen molar-refractivity contribution in [2.45, 2.75) is 43.8 Å². The van der Waals surface area contributed by atoms with E-state index in [9.17, 15) is 32.8 Å². The highest BCUT2D eigenvalue weighted by Gasteiger charge is 2.42. The maximum atomic E-state index is 14.3. The molecular weight excluding hydrogens is 636 g/mol. The van der Waals surface area contributed by atoms with Crippen molar-refractivity contribution in [2.75, 3.05) is 11.5 Å². The van der Waals surface area contributed by atoms with E-state index in [2.05, 4.69) is 10.6 Å². The van der Waals surface area contributed by atoms with Gasteiger partial charge in [-0.15, -0.1) is 0 Å². The first kappa shape index (κ1) is 34.4. The van der Waals surface area contributed by atoms with Gasteiger partial charge in [0.05, 0.1) is 11.9 Å². The molecule has 1 heterocycles. The molecule has 0 spiro atoms. The molecule has 0 radical (unpaired) electrons. The lowest BCUT2D eigenvalue weighted by Crippen LogP contribution is -2.57. The first-order chi connectivity index (χ1) is 23.6. The molecular formula is C36H33F2N5O6. The summed E-state index contributed by atoms with van der Waals surface area (Å²) in [6.45, 7) is -0.850. The molecule has 5 N–H and O–H groups in total. The zero-order valence-electron chi connectivity index (χ0n) is 26.2. The van der Waals surface area contributed by atoms with Gasteiger partial charge in [0.25, 0.3) is 5.91 Å². The third kappa shape index (κ3) is 7.78. The number of rotatable bonds is 14. The first-order valence-electron chi connectivity index (χ1n) is 15.4. The van der Waals surface area contributed by atoms with Crippen LogP contribution in [0.25, 0.3) is 10.8 Å². The van der Waals surface area contributed by atoms with Crippen LogP contribution in [0.15, 0.2) is 84.9 Å². The smallest absolute Gasteiger partial charge is 0.252 e. The van der Waals surface area contributed by atoms with Crippen molar-refractivity contribution in [3.8, 4) is 5.75 Å². The summed E-state index contributed by atoms with van der Waals surface area (Å²) in [6.07, 6.45) is -0.0998. The molecule has 3 atom stereocenters. The number of hydrogen-bond acceptors (Lipinski definition) is 7. The summed E-state index contributed by atoms with van der Waals surface area (Å²) in [5.74, 6) is -5.88. The predicted molar refractivity (Wildman–Crippen MR) is 177 cm³/mol. The van der Waals surface area contributed by atoms with Crippen molar-refractivity contribution in [3.63, 3.8) is 0 Å². The minimum Gasteiger partial charge on any atom is -0.480 e. The lowest BCUT2D eigenvalue weighted by Gasteiger charge is -2.30. The van der Waals surface area contributed by atoms with Crippen LogP contribution in [-0.4, -0.2) is 60.4 Å². The second-order valence-corrected chi connectivity index (χ2v) is 11.4. The second kappa shape index (κ2) is 15.3. The van der Waals surface area contributed by atoms with Gasteiger partial charge in [0, 0.05) is 30.5 Å². The molecule has 3 amide bonds. The number of halogens is 2. The van der Waals surface area contributed by atoms with Crippen molar-refractivity contribution in [3.05, 3.63) is 108 Å². The van der Waals surface area contributed by atoms with Crippen LogP contribution < -0.4 is 26.0 Å². The van der Waals surface area contributed by atoms with Gasteiger partial charge in [-0.3, -0.25) is 29.5 Å². The molecule has 5 rings (SSSR count). The molecule has 11 nitrogen and oxygen atoms in total. The number of nitrogens with zero attached hydrogens (tertiary/aromatic N) is 1. The van der Waals surface area contributed by atoms with Gasteiger partial charge in [-0.05, 0) is 47.0 Å². The molecule has 49 heavy (non-hydrogen) atoms. The molecule has 3 unspecified atom stereocenters. The van der Waals surface area contributed by atoms with Crippen molar-refractivity contribution < 1.29 is 37.5 Å². The molecule has 13 heteroatoms. The normalized spacial score (nSPS) is 14.7. The zero-order valence-corrected chi connectivity index (χ0v) is 26.2. The Balaban J connectivity index is 1.39. The predicted octanol–water partition coefficient (Wildman–Crippen LogP) is 3.61. The van der Waals surface area contributed by atoms with Crippen LogP contribution in [0, 0.1) is 17.0 Å². The first-order valence-corrected chi connectivity index (χ1v) is 15.4. The maximum absolute atomic E-state index is 14.3. The number of anilines is 1. The van der Waals surface area contributed by atoms with Gasteiger partial charge in [-0.2, -0.15) is 0 Å². The molecule has 0 saturated carbocycles. The molecule has 0 bridgehead atoms. The number of carbonyl (C=O) groups is 5. The van der Waals surface area contributed by atoms with E-state index >= 15 is 0 Å². The van der Waals surface area contributed by atoms with Gasteiger partial charge in [0.15, 0.2) is 23.2 Å². The van der Waals surface area contributed by atoms with Gasteiger partial charge in [-0.25, -0.2) is 8.78 Å². The Bertz CT molecular complexity index is 1910. The molecule has 0 saturated heterocycles. The van der Waals surface area contributed by atoms with Crippen LogP contribution in [0.2, 0.25) is 0 Å². The molecule has 252 valence electrons. The Morgan fingerprint density at radius 1 is 0.918 bits per heavy atom. The quantitative estimate of drug-likeness (QED) is 0.0902. The number of Topliss-reactive ketones (excluding diaryl/α,β-unsaturated/α-hetero) is 1. The monoisotopic (exact) mass is 669 g/mol. The van der Waals surface area contributed by atoms with E-state index in [1.807, 2.05) is 18.2 Å². The topological polar surface area (TPSA) is 172 Å². The standard InChI is InChI=1S/C36H33F2N5O6/c37-25-12-6-13-26(38)33(25)49-20-31(45)27(17-18-44)41-35(47)30-19-22-8-2-4-14-29(22)43(30)36(48)28(15-16-32(39)40)42-34(46)24-11-5-9-21-7-1-3-10-23(21)24/h1-14,18,27-28,30H,15-17,19-20H2,(H3,39,40)(H,41,47)(H,42,46). The zero-order chi connectivity index (χ0) is 35.1. The Labute approximate surface area is 279 Å². The minimum atomic E-state index is -1.43. The average Bonchev–Trinajstić information content (AvgIpc) is 3.48. The molecule has 4 aromatic carbocycles. The second-order valence-electron chi connectivity index (χ2n) is 11.4. The number of para-hydroxylation sites is 2. The highest BCUT2D eigenvalue weighted by Crippen LogP contribution is 2.33. The van der Waals surface area contributed by atoms with Gasteiger partial charge in [0.1, 0.15) is 25.0 Å². The molecule has 4 aromatic rings. The number of ketones is 1. The molecule has 0 fully saturated rings. The van der Waals surface area contributed by atoms with E-state index in [-0.39, 0.29) is 25.1 Å². The number of nitrogens with one attached hydrogen (secondary N) is 3. The summed E-state index contributed by atoms with van der Waals surface area (Å²) < 4.78 is 33.1. The summed E-state index contributed by atoms with van der Waals surface area (Å²) in [5.41, 5.74) is 6.98. The van der Waals surface area contributed by atoms with Crippen molar-refractivity contribution in [2.24, 2.45) is 5.73 Å². The van der Waals surface area contributed by atoms with Crippen LogP contribution in [0.1, 0.15) is 35.2 Å². The summed E-state index contributed by atoms with van der Waals surface area (Å²) in [6, 6.07) is 18.4. The van der Waals surface area contributed by atoms with E-state index < -0.39 is 72.0 Å². The number of nitrogens with two attached hydrogens (primary N) is 1. The number of amidine groups is 1. The Morgan fingerprint density at radius 3 is 2.33 bits per heavy atom. The van der Waals surface area contributed by atoms with Crippen LogP contribution in [0.3, 0.4) is 0 Å². The number of benzene rings is 4. The number of aldehydes is 1. The van der Waals surface area contributed by atoms with Crippen molar-refractivity contribution in [1.29, 1.82) is 5.41 Å². The largest absolute Gasteiger partial charge is 0.480 e. The number of fused-ring (bicyclic) bond motifs is 2. The van der Waals surface area contributed by atoms with Gasteiger partial charge in [-0.1, -0.05) is 60.7 Å². The van der Waals surface area contributed by atoms with Crippen LogP contribution >= 0.6 is 0 Å². The van der Waals surface area contributed by atoms with Gasteiger partial charge in [0.2, 0.25) is 11.8 Å². The number of amides is 3. The third-order valence-electron chi connectivity index (χ3n) is 8.17. The molecule has 0 aliphatic carbocycles. The highest BCUT2D eigenvalue weighted by atomic mass is 19.1. The van der Waals surface area contributed by atoms with E-state index in [0.717, 1.165) is 23.6 Å². The average molecular weight is 670 g/mol.